The zero-order valence-corrected chi connectivity index (χ0v) is 11.6. The van der Waals surface area contributed by atoms with E-state index in [0.717, 1.165) is 50.0 Å². The fourth-order valence-electron chi connectivity index (χ4n) is 2.01. The maximum Gasteiger partial charge on any atom is 0.127 e. The molecule has 1 fully saturated rings. The molecule has 0 spiro atoms. The fourth-order valence-corrected chi connectivity index (χ4v) is 2.22. The molecular weight excluding hydrogens is 244 g/mol. The van der Waals surface area contributed by atoms with E-state index in [1.165, 1.54) is 0 Å². The van der Waals surface area contributed by atoms with Crippen molar-refractivity contribution < 1.29 is 0 Å². The second kappa shape index (κ2) is 6.78. The van der Waals surface area contributed by atoms with Gasteiger partial charge in [-0.2, -0.15) is 0 Å². The minimum absolute atomic E-state index is 0.825. The van der Waals surface area contributed by atoms with Gasteiger partial charge in [0.25, 0.3) is 0 Å². The highest BCUT2D eigenvalue weighted by Gasteiger charge is 2.12. The third-order valence-electron chi connectivity index (χ3n) is 3.19. The molecule has 1 aromatic heterocycles. The molecule has 1 aromatic rings. The summed E-state index contributed by atoms with van der Waals surface area (Å²) in [5.74, 6) is 0. The molecule has 0 aromatic carbocycles. The number of thiocarbonyl (C=S) groups is 1. The zero-order chi connectivity index (χ0) is 12.8. The van der Waals surface area contributed by atoms with Gasteiger partial charge >= 0.3 is 0 Å². The monoisotopic (exact) mass is 264 g/mol. The highest BCUT2D eigenvalue weighted by Crippen LogP contribution is 2.02. The van der Waals surface area contributed by atoms with Crippen molar-refractivity contribution in [1.29, 1.82) is 0 Å². The minimum atomic E-state index is 0.825. The van der Waals surface area contributed by atoms with E-state index in [0.29, 0.717) is 0 Å². The summed E-state index contributed by atoms with van der Waals surface area (Å²) in [6.45, 7) is 6.46. The first kappa shape index (κ1) is 13.4. The van der Waals surface area contributed by atoms with Crippen molar-refractivity contribution >= 4 is 17.2 Å². The van der Waals surface area contributed by atoms with E-state index in [1.54, 1.807) is 6.20 Å². The Balaban J connectivity index is 1.80. The first-order valence-electron chi connectivity index (χ1n) is 6.37. The molecule has 0 unspecified atom stereocenters. The number of piperazine rings is 1. The van der Waals surface area contributed by atoms with Gasteiger partial charge in [0.1, 0.15) is 4.99 Å². The highest BCUT2D eigenvalue weighted by molar-refractivity contribution is 7.80. The second-order valence-electron chi connectivity index (χ2n) is 4.53. The first-order valence-corrected chi connectivity index (χ1v) is 6.78. The van der Waals surface area contributed by atoms with Crippen molar-refractivity contribution in [3.05, 3.63) is 30.1 Å². The van der Waals surface area contributed by atoms with Crippen molar-refractivity contribution in [2.45, 2.75) is 0 Å². The SMILES string of the molecule is CN(CCN1CCNCC1)C(=S)c1ccccn1. The molecule has 5 heteroatoms. The maximum atomic E-state index is 5.44. The van der Waals surface area contributed by atoms with Crippen molar-refractivity contribution in [1.82, 2.24) is 20.1 Å². The summed E-state index contributed by atoms with van der Waals surface area (Å²) in [5, 5.41) is 3.36. The van der Waals surface area contributed by atoms with Crippen LogP contribution in [0.4, 0.5) is 0 Å². The van der Waals surface area contributed by atoms with Crippen LogP contribution in [-0.4, -0.2) is 66.1 Å². The van der Waals surface area contributed by atoms with E-state index in [-0.39, 0.29) is 0 Å². The Hall–Kier alpha value is -1.04. The molecule has 1 aliphatic rings. The standard InChI is InChI=1S/C13H20N4S/c1-16(10-11-17-8-6-14-7-9-17)13(18)12-4-2-3-5-15-12/h2-5,14H,6-11H2,1H3. The van der Waals surface area contributed by atoms with E-state index >= 15 is 0 Å². The van der Waals surface area contributed by atoms with Gasteiger partial charge in [-0.3, -0.25) is 9.88 Å². The number of hydrogen-bond donors (Lipinski definition) is 1. The van der Waals surface area contributed by atoms with Crippen LogP contribution in [0, 0.1) is 0 Å². The Labute approximate surface area is 114 Å². The van der Waals surface area contributed by atoms with Crippen molar-refractivity contribution in [2.75, 3.05) is 46.3 Å². The molecule has 2 heterocycles. The van der Waals surface area contributed by atoms with E-state index in [4.69, 9.17) is 12.2 Å². The van der Waals surface area contributed by atoms with Crippen LogP contribution < -0.4 is 5.32 Å². The molecule has 98 valence electrons. The summed E-state index contributed by atoms with van der Waals surface area (Å²) >= 11 is 5.44. The zero-order valence-electron chi connectivity index (χ0n) is 10.8. The van der Waals surface area contributed by atoms with Gasteiger partial charge in [-0.1, -0.05) is 18.3 Å². The summed E-state index contributed by atoms with van der Waals surface area (Å²) in [6.07, 6.45) is 1.78. The Morgan fingerprint density at radius 3 is 2.89 bits per heavy atom. The smallest absolute Gasteiger partial charge is 0.127 e. The van der Waals surface area contributed by atoms with Crippen LogP contribution in [0.25, 0.3) is 0 Å². The van der Waals surface area contributed by atoms with E-state index < -0.39 is 0 Å². The molecule has 1 aliphatic heterocycles. The summed E-state index contributed by atoms with van der Waals surface area (Å²) in [7, 11) is 2.04. The first-order chi connectivity index (χ1) is 8.77. The topological polar surface area (TPSA) is 31.4 Å². The van der Waals surface area contributed by atoms with Crippen LogP contribution >= 0.6 is 12.2 Å². The average molecular weight is 264 g/mol. The fraction of sp³-hybridized carbons (Fsp3) is 0.538. The Bertz CT molecular complexity index is 376. The van der Waals surface area contributed by atoms with E-state index in [2.05, 4.69) is 20.1 Å². The lowest BCUT2D eigenvalue weighted by Crippen LogP contribution is -2.46. The van der Waals surface area contributed by atoms with Crippen molar-refractivity contribution in [3.63, 3.8) is 0 Å². The van der Waals surface area contributed by atoms with Crippen LogP contribution in [0.1, 0.15) is 5.69 Å². The second-order valence-corrected chi connectivity index (χ2v) is 4.92. The van der Waals surface area contributed by atoms with Gasteiger partial charge in [-0.05, 0) is 12.1 Å². The van der Waals surface area contributed by atoms with Crippen LogP contribution in [0.5, 0.6) is 0 Å². The van der Waals surface area contributed by atoms with Gasteiger partial charge in [0.15, 0.2) is 0 Å². The number of likely N-dealkylation sites (N-methyl/N-ethyl adjacent to an activating group) is 1. The molecule has 2 rings (SSSR count). The summed E-state index contributed by atoms with van der Waals surface area (Å²) in [6, 6.07) is 5.84. The molecule has 18 heavy (non-hydrogen) atoms. The van der Waals surface area contributed by atoms with Crippen molar-refractivity contribution in [2.24, 2.45) is 0 Å². The predicted molar refractivity (Wildman–Crippen MR) is 77.9 cm³/mol. The predicted octanol–water partition coefficient (Wildman–Crippen LogP) is 0.594. The van der Waals surface area contributed by atoms with Gasteiger partial charge in [-0.25, -0.2) is 0 Å². The number of aromatic nitrogens is 1. The maximum absolute atomic E-state index is 5.44. The highest BCUT2D eigenvalue weighted by atomic mass is 32.1. The molecule has 1 saturated heterocycles. The normalized spacial score (nSPS) is 16.5. The summed E-state index contributed by atoms with van der Waals surface area (Å²) in [5.41, 5.74) is 0.885. The van der Waals surface area contributed by atoms with Crippen LogP contribution in [-0.2, 0) is 0 Å². The molecule has 0 saturated carbocycles. The molecule has 1 N–H and O–H groups in total. The Kier molecular flexibility index (Phi) is 5.04. The molecular formula is C13H20N4S. The molecule has 0 atom stereocenters. The van der Waals surface area contributed by atoms with Gasteiger partial charge in [0, 0.05) is 52.5 Å². The molecule has 0 aliphatic carbocycles. The van der Waals surface area contributed by atoms with Crippen LogP contribution in [0.15, 0.2) is 24.4 Å². The van der Waals surface area contributed by atoms with E-state index in [9.17, 15) is 0 Å². The molecule has 0 bridgehead atoms. The summed E-state index contributed by atoms with van der Waals surface area (Å²) in [4.78, 5) is 9.69. The largest absolute Gasteiger partial charge is 0.363 e. The van der Waals surface area contributed by atoms with Gasteiger partial charge in [0.2, 0.25) is 0 Å². The van der Waals surface area contributed by atoms with Gasteiger partial charge in [-0.15, -0.1) is 0 Å². The summed E-state index contributed by atoms with van der Waals surface area (Å²) < 4.78 is 0. The molecule has 0 amide bonds. The lowest BCUT2D eigenvalue weighted by Gasteiger charge is -2.29. The lowest BCUT2D eigenvalue weighted by atomic mass is 10.3. The lowest BCUT2D eigenvalue weighted by molar-refractivity contribution is 0.228. The molecule has 4 nitrogen and oxygen atoms in total. The Morgan fingerprint density at radius 2 is 2.22 bits per heavy atom. The van der Waals surface area contributed by atoms with E-state index in [1.807, 2.05) is 25.2 Å². The average Bonchev–Trinajstić information content (AvgIpc) is 2.46. The number of nitrogens with zero attached hydrogens (tertiary/aromatic N) is 3. The number of hydrogen-bond acceptors (Lipinski definition) is 4. The third-order valence-corrected chi connectivity index (χ3v) is 3.71. The van der Waals surface area contributed by atoms with Crippen LogP contribution in [0.3, 0.4) is 0 Å². The Morgan fingerprint density at radius 1 is 1.44 bits per heavy atom. The van der Waals surface area contributed by atoms with Crippen molar-refractivity contribution in [3.8, 4) is 0 Å². The van der Waals surface area contributed by atoms with Gasteiger partial charge < -0.3 is 10.2 Å². The minimum Gasteiger partial charge on any atom is -0.363 e. The van der Waals surface area contributed by atoms with Crippen LogP contribution in [0.2, 0.25) is 0 Å². The molecule has 0 radical (unpaired) electrons. The number of pyridine rings is 1. The quantitative estimate of drug-likeness (QED) is 0.805. The number of rotatable bonds is 4. The van der Waals surface area contributed by atoms with Gasteiger partial charge in [0.05, 0.1) is 5.69 Å². The third kappa shape index (κ3) is 3.73. The number of nitrogens with one attached hydrogen (secondary N) is 1.